The highest BCUT2D eigenvalue weighted by molar-refractivity contribution is 4.29. The molecule has 0 aromatic carbocycles. The first-order chi connectivity index (χ1) is 12.4. The molecule has 0 fully saturated rings. The van der Waals surface area contributed by atoms with Crippen LogP contribution in [0.2, 0.25) is 0 Å². The summed E-state index contributed by atoms with van der Waals surface area (Å²) in [5, 5.41) is 0. The largest absolute Gasteiger partial charge is 0.380 e. The molecule has 0 aliphatic carbocycles. The lowest BCUT2D eigenvalue weighted by molar-refractivity contribution is 0.142. The molecule has 0 spiro atoms. The molecule has 0 saturated carbocycles. The smallest absolute Gasteiger partial charge is 0.0588 e. The second kappa shape index (κ2) is 519. The van der Waals surface area contributed by atoms with Crippen LogP contribution in [0.25, 0.3) is 0 Å². The zero-order valence-electron chi connectivity index (χ0n) is 22.8. The van der Waals surface area contributed by atoms with Gasteiger partial charge in [-0.25, -0.2) is 0 Å². The van der Waals surface area contributed by atoms with Crippen molar-refractivity contribution in [1.82, 2.24) is 0 Å². The quantitative estimate of drug-likeness (QED) is 0.497. The molecule has 0 heterocycles. The van der Waals surface area contributed by atoms with Crippen LogP contribution >= 0.6 is 0 Å². The minimum atomic E-state index is 0.639. The molecule has 0 aliphatic heterocycles. The van der Waals surface area contributed by atoms with Gasteiger partial charge in [0.1, 0.15) is 0 Å². The van der Waals surface area contributed by atoms with Crippen LogP contribution in [-0.4, -0.2) is 19.8 Å². The zero-order chi connectivity index (χ0) is 23.5. The number of rotatable bonds is 4. The molecule has 2 N–H and O–H groups in total. The molecule has 25 heavy (non-hydrogen) atoms. The molecule has 0 atom stereocenters. The summed E-state index contributed by atoms with van der Waals surface area (Å²) in [6, 6.07) is 0. The monoisotopic (exact) mass is 374 g/mol. The Kier molecular flexibility index (Phi) is 1330. The van der Waals surface area contributed by atoms with Gasteiger partial charge in [0.2, 0.25) is 0 Å². The highest BCUT2D eigenvalue weighted by atomic mass is 16.5. The summed E-state index contributed by atoms with van der Waals surface area (Å²) in [5.74, 6) is 0. The van der Waals surface area contributed by atoms with Gasteiger partial charge in [0.15, 0.2) is 0 Å². The molecule has 0 unspecified atom stereocenters. The maximum absolute atomic E-state index is 5.14. The van der Waals surface area contributed by atoms with Crippen molar-refractivity contribution in [1.29, 1.82) is 0 Å². The van der Waals surface area contributed by atoms with E-state index >= 15 is 0 Å². The molecule has 0 rings (SSSR count). The van der Waals surface area contributed by atoms with Crippen molar-refractivity contribution < 1.29 is 4.74 Å². The number of hydrogen-bond donors (Lipinski definition) is 1. The van der Waals surface area contributed by atoms with Crippen LogP contribution in [0.3, 0.4) is 0 Å². The molecule has 0 radical (unpaired) electrons. The number of hydrogen-bond acceptors (Lipinski definition) is 2. The molecule has 0 saturated heterocycles. The molecular formula is C23H67NO. The van der Waals surface area contributed by atoms with E-state index in [2.05, 4.69) is 6.92 Å². The van der Waals surface area contributed by atoms with Gasteiger partial charge in [-0.3, -0.25) is 0 Å². The van der Waals surface area contributed by atoms with E-state index in [0.717, 1.165) is 13.0 Å². The highest BCUT2D eigenvalue weighted by Crippen LogP contribution is 1.75. The lowest BCUT2D eigenvalue weighted by atomic mass is 10.5. The van der Waals surface area contributed by atoms with Gasteiger partial charge in [-0.15, -0.1) is 0 Å². The molecule has 0 aromatic heterocycles. The fraction of sp³-hybridized carbons (Fsp3) is 1.00. The van der Waals surface area contributed by atoms with Crippen LogP contribution in [0.5, 0.6) is 0 Å². The van der Waals surface area contributed by atoms with Gasteiger partial charge in [0.05, 0.1) is 6.61 Å². The molecular weight excluding hydrogens is 306 g/mol. The van der Waals surface area contributed by atoms with E-state index in [1.54, 1.807) is 0 Å². The Morgan fingerprint density at radius 1 is 0.440 bits per heavy atom. The van der Waals surface area contributed by atoms with E-state index in [9.17, 15) is 0 Å². The molecule has 170 valence electrons. The van der Waals surface area contributed by atoms with Crippen molar-refractivity contribution >= 4 is 0 Å². The maximum Gasteiger partial charge on any atom is 0.0588 e. The minimum absolute atomic E-state index is 0.639. The highest BCUT2D eigenvalue weighted by Gasteiger charge is 1.77. The van der Waals surface area contributed by atoms with Gasteiger partial charge >= 0.3 is 0 Å². The summed E-state index contributed by atoms with van der Waals surface area (Å²) >= 11 is 0. The first kappa shape index (κ1) is 64.1. The van der Waals surface area contributed by atoms with Crippen molar-refractivity contribution in [3.8, 4) is 0 Å². The van der Waals surface area contributed by atoms with E-state index in [1.165, 1.54) is 0 Å². The Labute approximate surface area is 168 Å². The second-order valence-corrected chi connectivity index (χ2v) is 1.40. The lowest BCUT2D eigenvalue weighted by Gasteiger charge is -1.95. The summed E-state index contributed by atoms with van der Waals surface area (Å²) in [6.45, 7) is 40.3. The van der Waals surface area contributed by atoms with Crippen molar-refractivity contribution in [2.75, 3.05) is 19.8 Å². The summed E-state index contributed by atoms with van der Waals surface area (Å²) < 4.78 is 5.01. The fourth-order valence-corrected chi connectivity index (χ4v) is 0.330. The standard InChI is InChI=1S/C5H13NO.9C2H6/c1-2-4-7-5-3-6;9*1-2/h2-6H2,1H3;9*1-2H3. The fourth-order valence-electron chi connectivity index (χ4n) is 0.330. The van der Waals surface area contributed by atoms with Crippen LogP contribution in [0.15, 0.2) is 0 Å². The Morgan fingerprint density at radius 3 is 0.760 bits per heavy atom. The van der Waals surface area contributed by atoms with Crippen molar-refractivity contribution in [2.45, 2.75) is 138 Å². The van der Waals surface area contributed by atoms with E-state index in [1.807, 2.05) is 125 Å². The van der Waals surface area contributed by atoms with Crippen LogP contribution < -0.4 is 5.73 Å². The summed E-state index contributed by atoms with van der Waals surface area (Å²) in [5.41, 5.74) is 5.14. The Bertz CT molecular complexity index is 31.3. The van der Waals surface area contributed by atoms with E-state index in [0.29, 0.717) is 13.2 Å². The molecule has 2 heteroatoms. The first-order valence-electron chi connectivity index (χ1n) is 11.7. The van der Waals surface area contributed by atoms with Crippen molar-refractivity contribution in [3.05, 3.63) is 0 Å². The van der Waals surface area contributed by atoms with Gasteiger partial charge < -0.3 is 10.5 Å². The van der Waals surface area contributed by atoms with Crippen molar-refractivity contribution in [2.24, 2.45) is 5.73 Å². The van der Waals surface area contributed by atoms with Gasteiger partial charge in [0.25, 0.3) is 0 Å². The molecule has 0 aromatic rings. The normalized spacial score (nSPS) is 4.80. The predicted octanol–water partition coefficient (Wildman–Crippen LogP) is 9.61. The maximum atomic E-state index is 5.14. The lowest BCUT2D eigenvalue weighted by Crippen LogP contribution is -2.08. The average molecular weight is 374 g/mol. The molecule has 0 amide bonds. The van der Waals surface area contributed by atoms with E-state index < -0.39 is 0 Å². The Balaban J connectivity index is -0.0000000136. The Morgan fingerprint density at radius 2 is 0.640 bits per heavy atom. The number of ether oxygens (including phenoxy) is 1. The van der Waals surface area contributed by atoms with Crippen LogP contribution in [0, 0.1) is 0 Å². The third-order valence-corrected chi connectivity index (χ3v) is 0.611. The van der Waals surface area contributed by atoms with Crippen LogP contribution in [-0.2, 0) is 4.74 Å². The third-order valence-electron chi connectivity index (χ3n) is 0.611. The summed E-state index contributed by atoms with van der Waals surface area (Å²) in [4.78, 5) is 0. The third kappa shape index (κ3) is 748. The summed E-state index contributed by atoms with van der Waals surface area (Å²) in [6.07, 6.45) is 1.08. The topological polar surface area (TPSA) is 35.2 Å². The number of nitrogens with two attached hydrogens (primary N) is 1. The molecule has 0 bridgehead atoms. The van der Waals surface area contributed by atoms with Crippen LogP contribution in [0.1, 0.15) is 138 Å². The van der Waals surface area contributed by atoms with E-state index in [-0.39, 0.29) is 0 Å². The van der Waals surface area contributed by atoms with Gasteiger partial charge in [0, 0.05) is 13.2 Å². The first-order valence-corrected chi connectivity index (χ1v) is 11.7. The Hall–Kier alpha value is -0.0800. The average Bonchev–Trinajstić information content (AvgIpc) is 2.81. The van der Waals surface area contributed by atoms with Gasteiger partial charge in [-0.05, 0) is 6.42 Å². The second-order valence-electron chi connectivity index (χ2n) is 1.40. The van der Waals surface area contributed by atoms with Gasteiger partial charge in [-0.1, -0.05) is 132 Å². The minimum Gasteiger partial charge on any atom is -0.380 e. The molecule has 0 aliphatic rings. The molecule has 2 nitrogen and oxygen atoms in total. The zero-order valence-corrected chi connectivity index (χ0v) is 22.8. The summed E-state index contributed by atoms with van der Waals surface area (Å²) in [7, 11) is 0. The SMILES string of the molecule is CC.CC.CC.CC.CC.CC.CC.CC.CC.CCCOCCN. The van der Waals surface area contributed by atoms with Crippen LogP contribution in [0.4, 0.5) is 0 Å². The van der Waals surface area contributed by atoms with Gasteiger partial charge in [-0.2, -0.15) is 0 Å². The van der Waals surface area contributed by atoms with Crippen molar-refractivity contribution in [3.63, 3.8) is 0 Å². The predicted molar refractivity (Wildman–Crippen MR) is 132 cm³/mol. The van der Waals surface area contributed by atoms with E-state index in [4.69, 9.17) is 10.5 Å².